The van der Waals surface area contributed by atoms with Gasteiger partial charge in [-0.25, -0.2) is 0 Å². The van der Waals surface area contributed by atoms with Crippen LogP contribution in [0, 0.1) is 6.92 Å². The normalized spacial score (nSPS) is 14.0. The predicted octanol–water partition coefficient (Wildman–Crippen LogP) is 5.05. The van der Waals surface area contributed by atoms with E-state index >= 15 is 0 Å². The number of hydrogen-bond acceptors (Lipinski definition) is 3. The minimum absolute atomic E-state index is 0.210. The predicted molar refractivity (Wildman–Crippen MR) is 107 cm³/mol. The SMILES string of the molecule is Cc1ccc(Cl)c(C(=O)Nc2ccc(N3CCCC3)c3ncccc23)c1. The highest BCUT2D eigenvalue weighted by atomic mass is 35.5. The molecule has 1 aliphatic heterocycles. The van der Waals surface area contributed by atoms with Gasteiger partial charge in [0, 0.05) is 24.7 Å². The minimum atomic E-state index is -0.210. The zero-order valence-corrected chi connectivity index (χ0v) is 15.4. The molecule has 1 aromatic heterocycles. The van der Waals surface area contributed by atoms with Crippen molar-refractivity contribution in [3.8, 4) is 0 Å². The molecule has 26 heavy (non-hydrogen) atoms. The fourth-order valence-corrected chi connectivity index (χ4v) is 3.69. The second kappa shape index (κ2) is 6.96. The molecule has 1 saturated heterocycles. The largest absolute Gasteiger partial charge is 0.370 e. The lowest BCUT2D eigenvalue weighted by atomic mass is 10.1. The highest BCUT2D eigenvalue weighted by molar-refractivity contribution is 6.34. The quantitative estimate of drug-likeness (QED) is 0.706. The van der Waals surface area contributed by atoms with Crippen molar-refractivity contribution in [1.29, 1.82) is 0 Å². The summed E-state index contributed by atoms with van der Waals surface area (Å²) in [6, 6.07) is 13.3. The number of anilines is 2. The molecular formula is C21H20ClN3O. The van der Waals surface area contributed by atoms with Crippen LogP contribution in [0.3, 0.4) is 0 Å². The third-order valence-electron chi connectivity index (χ3n) is 4.81. The smallest absolute Gasteiger partial charge is 0.257 e. The van der Waals surface area contributed by atoms with Gasteiger partial charge < -0.3 is 10.2 Å². The van der Waals surface area contributed by atoms with E-state index in [1.807, 2.05) is 37.3 Å². The summed E-state index contributed by atoms with van der Waals surface area (Å²) in [5, 5.41) is 4.39. The number of halogens is 1. The van der Waals surface area contributed by atoms with Gasteiger partial charge in [-0.1, -0.05) is 23.2 Å². The van der Waals surface area contributed by atoms with Crippen molar-refractivity contribution >= 4 is 39.8 Å². The first kappa shape index (κ1) is 16.9. The van der Waals surface area contributed by atoms with Crippen LogP contribution in [-0.4, -0.2) is 24.0 Å². The summed E-state index contributed by atoms with van der Waals surface area (Å²) in [5.41, 5.74) is 4.27. The summed E-state index contributed by atoms with van der Waals surface area (Å²) in [6.07, 6.45) is 4.21. The molecule has 1 amide bonds. The van der Waals surface area contributed by atoms with Crippen molar-refractivity contribution in [2.24, 2.45) is 0 Å². The summed E-state index contributed by atoms with van der Waals surface area (Å²) in [7, 11) is 0. The number of carbonyl (C=O) groups excluding carboxylic acids is 1. The van der Waals surface area contributed by atoms with Crippen LogP contribution in [0.2, 0.25) is 5.02 Å². The van der Waals surface area contributed by atoms with Gasteiger partial charge in [0.1, 0.15) is 0 Å². The summed E-state index contributed by atoms with van der Waals surface area (Å²) >= 11 is 6.21. The van der Waals surface area contributed by atoms with E-state index in [-0.39, 0.29) is 5.91 Å². The van der Waals surface area contributed by atoms with Gasteiger partial charge in [-0.15, -0.1) is 0 Å². The van der Waals surface area contributed by atoms with Gasteiger partial charge in [0.25, 0.3) is 5.91 Å². The van der Waals surface area contributed by atoms with E-state index in [9.17, 15) is 4.79 Å². The molecule has 0 unspecified atom stereocenters. The Balaban J connectivity index is 1.72. The van der Waals surface area contributed by atoms with Crippen molar-refractivity contribution in [2.45, 2.75) is 19.8 Å². The first-order chi connectivity index (χ1) is 12.6. The number of rotatable bonds is 3. The lowest BCUT2D eigenvalue weighted by Crippen LogP contribution is -2.19. The number of hydrogen-bond donors (Lipinski definition) is 1. The van der Waals surface area contributed by atoms with Crippen LogP contribution in [0.5, 0.6) is 0 Å². The molecule has 2 aromatic carbocycles. The van der Waals surface area contributed by atoms with Crippen molar-refractivity contribution in [3.63, 3.8) is 0 Å². The molecule has 0 bridgehead atoms. The molecule has 1 fully saturated rings. The van der Waals surface area contributed by atoms with Gasteiger partial charge in [0.05, 0.1) is 27.5 Å². The number of benzene rings is 2. The molecule has 0 radical (unpaired) electrons. The molecule has 5 heteroatoms. The van der Waals surface area contributed by atoms with Crippen LogP contribution < -0.4 is 10.2 Å². The maximum atomic E-state index is 12.7. The first-order valence-electron chi connectivity index (χ1n) is 8.84. The highest BCUT2D eigenvalue weighted by Gasteiger charge is 2.18. The second-order valence-corrected chi connectivity index (χ2v) is 7.07. The molecule has 3 aromatic rings. The number of amides is 1. The topological polar surface area (TPSA) is 45.2 Å². The zero-order valence-electron chi connectivity index (χ0n) is 14.6. The van der Waals surface area contributed by atoms with Crippen LogP contribution in [0.1, 0.15) is 28.8 Å². The Morgan fingerprint density at radius 2 is 1.96 bits per heavy atom. The van der Waals surface area contributed by atoms with E-state index in [0.29, 0.717) is 10.6 Å². The Labute approximate surface area is 157 Å². The summed E-state index contributed by atoms with van der Waals surface area (Å²) in [5.74, 6) is -0.210. The number of fused-ring (bicyclic) bond motifs is 1. The van der Waals surface area contributed by atoms with Crippen molar-refractivity contribution in [2.75, 3.05) is 23.3 Å². The average Bonchev–Trinajstić information content (AvgIpc) is 3.18. The minimum Gasteiger partial charge on any atom is -0.370 e. The molecular weight excluding hydrogens is 346 g/mol. The Bertz CT molecular complexity index is 980. The fourth-order valence-electron chi connectivity index (χ4n) is 3.48. The van der Waals surface area contributed by atoms with E-state index in [4.69, 9.17) is 11.6 Å². The molecule has 1 N–H and O–H groups in total. The van der Waals surface area contributed by atoms with Gasteiger partial charge in [-0.05, 0) is 56.2 Å². The Morgan fingerprint density at radius 1 is 1.15 bits per heavy atom. The monoisotopic (exact) mass is 365 g/mol. The van der Waals surface area contributed by atoms with E-state index in [2.05, 4.69) is 15.2 Å². The summed E-state index contributed by atoms with van der Waals surface area (Å²) < 4.78 is 0. The number of nitrogens with zero attached hydrogens (tertiary/aromatic N) is 2. The van der Waals surface area contributed by atoms with E-state index in [0.717, 1.165) is 40.9 Å². The van der Waals surface area contributed by atoms with Gasteiger partial charge in [0.15, 0.2) is 0 Å². The van der Waals surface area contributed by atoms with E-state index in [1.165, 1.54) is 12.8 Å². The molecule has 0 atom stereocenters. The molecule has 0 saturated carbocycles. The number of aromatic nitrogens is 1. The van der Waals surface area contributed by atoms with Gasteiger partial charge in [-0.2, -0.15) is 0 Å². The maximum absolute atomic E-state index is 12.7. The zero-order chi connectivity index (χ0) is 18.1. The first-order valence-corrected chi connectivity index (χ1v) is 9.21. The second-order valence-electron chi connectivity index (χ2n) is 6.66. The molecule has 132 valence electrons. The maximum Gasteiger partial charge on any atom is 0.257 e. The number of aryl methyl sites for hydroxylation is 1. The third kappa shape index (κ3) is 3.13. The molecule has 2 heterocycles. The number of nitrogens with one attached hydrogen (secondary N) is 1. The van der Waals surface area contributed by atoms with E-state index < -0.39 is 0 Å². The van der Waals surface area contributed by atoms with Crippen LogP contribution in [0.25, 0.3) is 10.9 Å². The van der Waals surface area contributed by atoms with Crippen LogP contribution in [0.15, 0.2) is 48.7 Å². The number of pyridine rings is 1. The molecule has 0 aliphatic carbocycles. The lowest BCUT2D eigenvalue weighted by Gasteiger charge is -2.20. The van der Waals surface area contributed by atoms with Crippen LogP contribution in [0.4, 0.5) is 11.4 Å². The lowest BCUT2D eigenvalue weighted by molar-refractivity contribution is 0.102. The van der Waals surface area contributed by atoms with Gasteiger partial charge in [0.2, 0.25) is 0 Å². The molecule has 1 aliphatic rings. The average molecular weight is 366 g/mol. The molecule has 4 nitrogen and oxygen atoms in total. The van der Waals surface area contributed by atoms with Crippen molar-refractivity contribution in [3.05, 3.63) is 64.8 Å². The Kier molecular flexibility index (Phi) is 4.51. The number of carbonyl (C=O) groups is 1. The Hall–Kier alpha value is -2.59. The van der Waals surface area contributed by atoms with Crippen molar-refractivity contribution < 1.29 is 4.79 Å². The van der Waals surface area contributed by atoms with Crippen LogP contribution >= 0.6 is 11.6 Å². The fraction of sp³-hybridized carbons (Fsp3) is 0.238. The Morgan fingerprint density at radius 3 is 2.77 bits per heavy atom. The van der Waals surface area contributed by atoms with Gasteiger partial charge >= 0.3 is 0 Å². The standard InChI is InChI=1S/C21H20ClN3O/c1-14-6-7-17(22)16(13-14)21(26)24-18-8-9-19(25-11-2-3-12-25)20-15(18)5-4-10-23-20/h4-10,13H,2-3,11-12H2,1H3,(H,24,26). The van der Waals surface area contributed by atoms with Crippen molar-refractivity contribution in [1.82, 2.24) is 4.98 Å². The third-order valence-corrected chi connectivity index (χ3v) is 5.14. The summed E-state index contributed by atoms with van der Waals surface area (Å²) in [4.78, 5) is 19.7. The highest BCUT2D eigenvalue weighted by Crippen LogP contribution is 2.33. The molecule has 0 spiro atoms. The van der Waals surface area contributed by atoms with Gasteiger partial charge in [-0.3, -0.25) is 9.78 Å². The summed E-state index contributed by atoms with van der Waals surface area (Å²) in [6.45, 7) is 4.05. The van der Waals surface area contributed by atoms with E-state index in [1.54, 1.807) is 18.3 Å². The van der Waals surface area contributed by atoms with Crippen LogP contribution in [-0.2, 0) is 0 Å². The molecule has 4 rings (SSSR count).